The van der Waals surface area contributed by atoms with Gasteiger partial charge in [0.1, 0.15) is 16.8 Å². The van der Waals surface area contributed by atoms with Crippen molar-refractivity contribution in [2.45, 2.75) is 13.8 Å². The van der Waals surface area contributed by atoms with E-state index < -0.39 is 0 Å². The predicted octanol–water partition coefficient (Wildman–Crippen LogP) is 1.85. The monoisotopic (exact) mass is 273 g/mol. The molecule has 0 atom stereocenters. The van der Waals surface area contributed by atoms with E-state index in [1.165, 1.54) is 0 Å². The molecule has 0 saturated heterocycles. The van der Waals surface area contributed by atoms with Crippen LogP contribution in [0.25, 0.3) is 0 Å². The quantitative estimate of drug-likeness (QED) is 0.710. The Labute approximate surface area is 113 Å². The van der Waals surface area contributed by atoms with Gasteiger partial charge in [0.25, 0.3) is 0 Å². The summed E-state index contributed by atoms with van der Waals surface area (Å²) in [6, 6.07) is 0. The molecule has 0 saturated carbocycles. The average Bonchev–Trinajstić information content (AvgIpc) is 2.34. The van der Waals surface area contributed by atoms with Crippen molar-refractivity contribution in [1.29, 1.82) is 0 Å². The van der Waals surface area contributed by atoms with Crippen LogP contribution in [0.15, 0.2) is 0 Å². The van der Waals surface area contributed by atoms with Gasteiger partial charge in [-0.05, 0) is 13.8 Å². The van der Waals surface area contributed by atoms with Crippen LogP contribution in [0.3, 0.4) is 0 Å². The third-order valence-electron chi connectivity index (χ3n) is 2.60. The van der Waals surface area contributed by atoms with Crippen LogP contribution in [0.4, 0.5) is 5.82 Å². The summed E-state index contributed by atoms with van der Waals surface area (Å²) in [5.41, 5.74) is 0.884. The molecule has 0 amide bonds. The van der Waals surface area contributed by atoms with E-state index in [-0.39, 0.29) is 0 Å². The second-order valence-corrected chi connectivity index (χ2v) is 4.34. The third-order valence-corrected chi connectivity index (χ3v) is 2.97. The topological polar surface area (TPSA) is 47.5 Å². The van der Waals surface area contributed by atoms with Gasteiger partial charge in [-0.2, -0.15) is 0 Å². The van der Waals surface area contributed by atoms with E-state index >= 15 is 0 Å². The highest BCUT2D eigenvalue weighted by atomic mass is 35.5. The SMILES string of the molecule is COCCN(CCOC)c1nc(C)nc(Cl)c1C. The maximum absolute atomic E-state index is 6.09. The van der Waals surface area contributed by atoms with Gasteiger partial charge < -0.3 is 14.4 Å². The van der Waals surface area contributed by atoms with E-state index in [0.717, 1.165) is 24.5 Å². The molecule has 1 aromatic heterocycles. The number of aryl methyl sites for hydroxylation is 1. The predicted molar refractivity (Wildman–Crippen MR) is 72.5 cm³/mol. The maximum atomic E-state index is 6.09. The standard InChI is InChI=1S/C12H20ClN3O2/c1-9-11(13)14-10(2)15-12(9)16(5-7-17-3)6-8-18-4/h5-8H2,1-4H3. The van der Waals surface area contributed by atoms with Crippen molar-refractivity contribution in [3.63, 3.8) is 0 Å². The van der Waals surface area contributed by atoms with Gasteiger partial charge in [0.05, 0.1) is 13.2 Å². The first-order chi connectivity index (χ1) is 8.60. The summed E-state index contributed by atoms with van der Waals surface area (Å²) < 4.78 is 10.2. The number of rotatable bonds is 7. The van der Waals surface area contributed by atoms with Gasteiger partial charge in [-0.25, -0.2) is 9.97 Å². The molecular formula is C12H20ClN3O2. The molecule has 0 aliphatic carbocycles. The van der Waals surface area contributed by atoms with Crippen molar-refractivity contribution in [3.8, 4) is 0 Å². The van der Waals surface area contributed by atoms with Crippen molar-refractivity contribution in [2.24, 2.45) is 0 Å². The van der Waals surface area contributed by atoms with E-state index in [0.29, 0.717) is 24.2 Å². The molecule has 0 bridgehead atoms. The van der Waals surface area contributed by atoms with Crippen LogP contribution in [-0.4, -0.2) is 50.5 Å². The van der Waals surface area contributed by atoms with Crippen LogP contribution in [0.2, 0.25) is 5.15 Å². The number of ether oxygens (including phenoxy) is 2. The Bertz CT molecular complexity index is 380. The first kappa shape index (κ1) is 15.1. The Morgan fingerprint density at radius 1 is 1.06 bits per heavy atom. The summed E-state index contributed by atoms with van der Waals surface area (Å²) in [6.07, 6.45) is 0. The molecule has 0 aliphatic heterocycles. The lowest BCUT2D eigenvalue weighted by molar-refractivity contribution is 0.190. The molecule has 0 spiro atoms. The van der Waals surface area contributed by atoms with Crippen LogP contribution in [0, 0.1) is 13.8 Å². The van der Waals surface area contributed by atoms with E-state index in [4.69, 9.17) is 21.1 Å². The van der Waals surface area contributed by atoms with Gasteiger partial charge >= 0.3 is 0 Å². The number of nitrogens with zero attached hydrogens (tertiary/aromatic N) is 3. The smallest absolute Gasteiger partial charge is 0.137 e. The summed E-state index contributed by atoms with van der Waals surface area (Å²) >= 11 is 6.09. The lowest BCUT2D eigenvalue weighted by Crippen LogP contribution is -2.32. The molecular weight excluding hydrogens is 254 g/mol. The van der Waals surface area contributed by atoms with Crippen molar-refractivity contribution in [2.75, 3.05) is 45.4 Å². The van der Waals surface area contributed by atoms with Gasteiger partial charge in [-0.1, -0.05) is 11.6 Å². The van der Waals surface area contributed by atoms with Crippen molar-refractivity contribution in [3.05, 3.63) is 16.5 Å². The van der Waals surface area contributed by atoms with Gasteiger partial charge in [-0.3, -0.25) is 0 Å². The lowest BCUT2D eigenvalue weighted by atomic mass is 10.3. The number of hydrogen-bond donors (Lipinski definition) is 0. The molecule has 0 unspecified atom stereocenters. The number of methoxy groups -OCH3 is 2. The van der Waals surface area contributed by atoms with Crippen LogP contribution in [0.1, 0.15) is 11.4 Å². The summed E-state index contributed by atoms with van der Waals surface area (Å²) in [5, 5.41) is 0.498. The molecule has 1 heterocycles. The summed E-state index contributed by atoms with van der Waals surface area (Å²) in [6.45, 7) is 6.50. The Morgan fingerprint density at radius 3 is 2.11 bits per heavy atom. The van der Waals surface area contributed by atoms with E-state index in [2.05, 4.69) is 14.9 Å². The molecule has 18 heavy (non-hydrogen) atoms. The zero-order valence-electron chi connectivity index (χ0n) is 11.4. The van der Waals surface area contributed by atoms with E-state index in [1.807, 2.05) is 13.8 Å². The maximum Gasteiger partial charge on any atom is 0.137 e. The Kier molecular flexibility index (Phi) is 6.32. The molecule has 102 valence electrons. The highest BCUT2D eigenvalue weighted by Gasteiger charge is 2.14. The average molecular weight is 274 g/mol. The first-order valence-electron chi connectivity index (χ1n) is 5.83. The molecule has 1 rings (SSSR count). The zero-order valence-corrected chi connectivity index (χ0v) is 12.1. The van der Waals surface area contributed by atoms with Gasteiger partial charge in [0.15, 0.2) is 0 Å². The Balaban J connectivity index is 2.95. The van der Waals surface area contributed by atoms with E-state index in [9.17, 15) is 0 Å². The highest BCUT2D eigenvalue weighted by molar-refractivity contribution is 6.30. The molecule has 0 fully saturated rings. The number of anilines is 1. The largest absolute Gasteiger partial charge is 0.383 e. The fourth-order valence-electron chi connectivity index (χ4n) is 1.61. The summed E-state index contributed by atoms with van der Waals surface area (Å²) in [5.74, 6) is 1.52. The number of halogens is 1. The minimum atomic E-state index is 0.498. The van der Waals surface area contributed by atoms with Gasteiger partial charge in [0.2, 0.25) is 0 Å². The van der Waals surface area contributed by atoms with Gasteiger partial charge in [-0.15, -0.1) is 0 Å². The molecule has 5 nitrogen and oxygen atoms in total. The lowest BCUT2D eigenvalue weighted by Gasteiger charge is -2.25. The minimum absolute atomic E-state index is 0.498. The third kappa shape index (κ3) is 4.08. The van der Waals surface area contributed by atoms with Crippen molar-refractivity contribution < 1.29 is 9.47 Å². The number of aromatic nitrogens is 2. The second-order valence-electron chi connectivity index (χ2n) is 3.98. The zero-order chi connectivity index (χ0) is 13.5. The van der Waals surface area contributed by atoms with Gasteiger partial charge in [0, 0.05) is 32.9 Å². The molecule has 0 radical (unpaired) electrons. The Morgan fingerprint density at radius 2 is 1.61 bits per heavy atom. The van der Waals surface area contributed by atoms with Crippen LogP contribution in [0.5, 0.6) is 0 Å². The minimum Gasteiger partial charge on any atom is -0.383 e. The first-order valence-corrected chi connectivity index (χ1v) is 6.21. The normalized spacial score (nSPS) is 10.7. The number of hydrogen-bond acceptors (Lipinski definition) is 5. The summed E-state index contributed by atoms with van der Waals surface area (Å²) in [4.78, 5) is 10.7. The molecule has 0 aromatic carbocycles. The Hall–Kier alpha value is -0.910. The van der Waals surface area contributed by atoms with Crippen molar-refractivity contribution >= 4 is 17.4 Å². The summed E-state index contributed by atoms with van der Waals surface area (Å²) in [7, 11) is 3.36. The second kappa shape index (κ2) is 7.51. The molecule has 6 heteroatoms. The van der Waals surface area contributed by atoms with Crippen LogP contribution in [-0.2, 0) is 9.47 Å². The fourth-order valence-corrected chi connectivity index (χ4v) is 1.82. The molecule has 1 aromatic rings. The van der Waals surface area contributed by atoms with Crippen LogP contribution >= 0.6 is 11.6 Å². The molecule has 0 aliphatic rings. The fraction of sp³-hybridized carbons (Fsp3) is 0.667. The highest BCUT2D eigenvalue weighted by Crippen LogP contribution is 2.23. The van der Waals surface area contributed by atoms with E-state index in [1.54, 1.807) is 14.2 Å². The van der Waals surface area contributed by atoms with Crippen LogP contribution < -0.4 is 4.90 Å². The van der Waals surface area contributed by atoms with Crippen molar-refractivity contribution in [1.82, 2.24) is 9.97 Å². The molecule has 0 N–H and O–H groups in total.